The molecule has 1 aliphatic heterocycles. The van der Waals surface area contributed by atoms with Gasteiger partial charge in [-0.15, -0.1) is 12.4 Å². The lowest BCUT2D eigenvalue weighted by molar-refractivity contribution is 0.0978. The molecule has 3 aromatic rings. The summed E-state index contributed by atoms with van der Waals surface area (Å²) >= 11 is 1.02. The zero-order chi connectivity index (χ0) is 26.0. The van der Waals surface area contributed by atoms with Crippen molar-refractivity contribution in [1.82, 2.24) is 14.2 Å². The van der Waals surface area contributed by atoms with E-state index in [1.165, 1.54) is 46.6 Å². The molecule has 1 unspecified atom stereocenters. The van der Waals surface area contributed by atoms with E-state index in [1.54, 1.807) is 0 Å². The largest absolute Gasteiger partial charge is 0.377 e. The van der Waals surface area contributed by atoms with Gasteiger partial charge >= 0.3 is 0 Å². The molecule has 2 aromatic carbocycles. The molecule has 0 aliphatic carbocycles. The van der Waals surface area contributed by atoms with Crippen LogP contribution in [0.1, 0.15) is 23.2 Å². The van der Waals surface area contributed by atoms with Crippen molar-refractivity contribution >= 4 is 55.0 Å². The van der Waals surface area contributed by atoms with Crippen LogP contribution in [-0.4, -0.2) is 82.0 Å². The van der Waals surface area contributed by atoms with Crippen LogP contribution in [0.4, 0.5) is 13.9 Å². The Morgan fingerprint density at radius 1 is 1.14 bits per heavy atom. The second-order valence-electron chi connectivity index (χ2n) is 8.94. The number of benzene rings is 2. The second kappa shape index (κ2) is 12.1. The van der Waals surface area contributed by atoms with Gasteiger partial charge in [-0.05, 0) is 57.3 Å². The molecule has 37 heavy (non-hydrogen) atoms. The molecule has 0 radical (unpaired) electrons. The van der Waals surface area contributed by atoms with Crippen molar-refractivity contribution in [3.63, 3.8) is 0 Å². The maximum atomic E-state index is 14.2. The Kier molecular flexibility index (Phi) is 9.59. The Balaban J connectivity index is 0.00000380. The summed E-state index contributed by atoms with van der Waals surface area (Å²) in [5, 5.41) is 0.231. The Morgan fingerprint density at radius 3 is 2.46 bits per heavy atom. The summed E-state index contributed by atoms with van der Waals surface area (Å²) in [6.45, 7) is 1.64. The van der Waals surface area contributed by atoms with Crippen molar-refractivity contribution in [1.29, 1.82) is 0 Å². The van der Waals surface area contributed by atoms with Crippen LogP contribution in [0.15, 0.2) is 41.3 Å². The molecule has 1 amide bonds. The molecule has 0 bridgehead atoms. The van der Waals surface area contributed by atoms with Crippen molar-refractivity contribution in [2.45, 2.75) is 23.8 Å². The summed E-state index contributed by atoms with van der Waals surface area (Å²) in [5.74, 6) is -1.94. The van der Waals surface area contributed by atoms with Crippen molar-refractivity contribution in [2.75, 3.05) is 52.3 Å². The van der Waals surface area contributed by atoms with Gasteiger partial charge in [0.15, 0.2) is 10.9 Å². The Morgan fingerprint density at radius 2 is 1.84 bits per heavy atom. The molecular formula is C24H29ClF2N4O4S2. The summed E-state index contributed by atoms with van der Waals surface area (Å²) in [5.41, 5.74) is 0.246. The van der Waals surface area contributed by atoms with E-state index >= 15 is 0 Å². The lowest BCUT2D eigenvalue weighted by Gasteiger charge is -2.22. The van der Waals surface area contributed by atoms with Crippen LogP contribution in [0.2, 0.25) is 0 Å². The number of aromatic nitrogens is 1. The second-order valence-corrected chi connectivity index (χ2v) is 12.0. The smallest absolute Gasteiger partial charge is 0.260 e. The number of fused-ring (bicyclic) bond motifs is 1. The molecule has 2 heterocycles. The fourth-order valence-electron chi connectivity index (χ4n) is 3.92. The molecule has 0 spiro atoms. The van der Waals surface area contributed by atoms with Crippen molar-refractivity contribution < 1.29 is 26.7 Å². The van der Waals surface area contributed by atoms with Crippen LogP contribution in [0.5, 0.6) is 0 Å². The predicted octanol–water partition coefficient (Wildman–Crippen LogP) is 4.00. The first-order chi connectivity index (χ1) is 17.1. The molecule has 1 atom stereocenters. The fraction of sp³-hybridized carbons (Fsp3) is 0.417. The lowest BCUT2D eigenvalue weighted by Crippen LogP contribution is -2.37. The minimum atomic E-state index is -3.75. The average Bonchev–Trinajstić information content (AvgIpc) is 3.49. The minimum absolute atomic E-state index is 0. The third-order valence-electron chi connectivity index (χ3n) is 5.94. The highest BCUT2D eigenvalue weighted by Gasteiger charge is 2.27. The van der Waals surface area contributed by atoms with Crippen LogP contribution in [0, 0.1) is 11.6 Å². The van der Waals surface area contributed by atoms with Crippen molar-refractivity contribution in [3.8, 4) is 0 Å². The number of likely N-dealkylation sites (N-methyl/N-ethyl adjacent to an activating group) is 2. The van der Waals surface area contributed by atoms with Gasteiger partial charge in [-0.1, -0.05) is 11.3 Å². The van der Waals surface area contributed by atoms with Crippen LogP contribution < -0.4 is 4.90 Å². The number of rotatable bonds is 9. The van der Waals surface area contributed by atoms with E-state index in [-0.39, 0.29) is 52.7 Å². The van der Waals surface area contributed by atoms with E-state index in [1.807, 2.05) is 19.0 Å². The normalized spacial score (nSPS) is 15.9. The Hall–Kier alpha value is -2.22. The number of carbonyl (C=O) groups is 1. The first kappa shape index (κ1) is 29.3. The summed E-state index contributed by atoms with van der Waals surface area (Å²) < 4.78 is 61.0. The summed E-state index contributed by atoms with van der Waals surface area (Å²) in [6, 6.07) is 7.63. The summed E-state index contributed by atoms with van der Waals surface area (Å²) in [4.78, 5) is 21.0. The molecule has 8 nitrogen and oxygen atoms in total. The number of hydrogen-bond acceptors (Lipinski definition) is 7. The van der Waals surface area contributed by atoms with Crippen molar-refractivity contribution in [2.24, 2.45) is 0 Å². The number of carbonyl (C=O) groups excluding carboxylic acids is 1. The Bertz CT molecular complexity index is 1350. The SMILES string of the molecule is CN(C)CCN(C(=O)c1ccc(S(=O)(=O)N(C)CC2CCCO2)cc1)c1nc2c(F)cc(F)cc2s1.Cl. The molecule has 1 saturated heterocycles. The van der Waals surface area contributed by atoms with Gasteiger partial charge in [0.2, 0.25) is 10.0 Å². The quantitative estimate of drug-likeness (QED) is 0.384. The molecule has 1 aromatic heterocycles. The van der Waals surface area contributed by atoms with E-state index in [0.717, 1.165) is 30.2 Å². The molecule has 202 valence electrons. The molecular weight excluding hydrogens is 546 g/mol. The molecule has 1 aliphatic rings. The van der Waals surface area contributed by atoms with Crippen LogP contribution in [0.3, 0.4) is 0 Å². The van der Waals surface area contributed by atoms with Gasteiger partial charge in [0, 0.05) is 44.9 Å². The first-order valence-corrected chi connectivity index (χ1v) is 13.7. The number of anilines is 1. The van der Waals surface area contributed by atoms with Crippen LogP contribution >= 0.6 is 23.7 Å². The first-order valence-electron chi connectivity index (χ1n) is 11.5. The fourth-order valence-corrected chi connectivity index (χ4v) is 6.16. The molecule has 0 saturated carbocycles. The van der Waals surface area contributed by atoms with E-state index in [9.17, 15) is 22.0 Å². The lowest BCUT2D eigenvalue weighted by atomic mass is 10.2. The zero-order valence-electron chi connectivity index (χ0n) is 20.7. The number of sulfonamides is 1. The highest BCUT2D eigenvalue weighted by Crippen LogP contribution is 2.32. The topological polar surface area (TPSA) is 83.1 Å². The van der Waals surface area contributed by atoms with Gasteiger partial charge < -0.3 is 9.64 Å². The number of nitrogens with zero attached hydrogens (tertiary/aromatic N) is 4. The maximum absolute atomic E-state index is 14.2. The summed E-state index contributed by atoms with van der Waals surface area (Å²) in [6.07, 6.45) is 1.61. The predicted molar refractivity (Wildman–Crippen MR) is 142 cm³/mol. The summed E-state index contributed by atoms with van der Waals surface area (Å²) in [7, 11) is 1.45. The monoisotopic (exact) mass is 574 g/mol. The van der Waals surface area contributed by atoms with E-state index in [2.05, 4.69) is 4.98 Å². The minimum Gasteiger partial charge on any atom is -0.377 e. The number of halogens is 3. The zero-order valence-corrected chi connectivity index (χ0v) is 23.1. The maximum Gasteiger partial charge on any atom is 0.260 e. The number of thiazole rings is 1. The third kappa shape index (κ3) is 6.62. The highest BCUT2D eigenvalue weighted by molar-refractivity contribution is 7.89. The van der Waals surface area contributed by atoms with Gasteiger partial charge in [0.1, 0.15) is 11.3 Å². The molecule has 13 heteroatoms. The molecule has 0 N–H and O–H groups in total. The highest BCUT2D eigenvalue weighted by atomic mass is 35.5. The number of hydrogen-bond donors (Lipinski definition) is 0. The van der Waals surface area contributed by atoms with Gasteiger partial charge in [-0.2, -0.15) is 4.31 Å². The van der Waals surface area contributed by atoms with Gasteiger partial charge in [-0.25, -0.2) is 22.2 Å². The Labute approximate surface area is 225 Å². The molecule has 1 fully saturated rings. The third-order valence-corrected chi connectivity index (χ3v) is 8.81. The van der Waals surface area contributed by atoms with Crippen molar-refractivity contribution in [3.05, 3.63) is 53.6 Å². The van der Waals surface area contributed by atoms with Gasteiger partial charge in [0.25, 0.3) is 5.91 Å². The van der Waals surface area contributed by atoms with E-state index in [0.29, 0.717) is 17.9 Å². The average molecular weight is 575 g/mol. The van der Waals surface area contributed by atoms with E-state index < -0.39 is 27.6 Å². The van der Waals surface area contributed by atoms with E-state index in [4.69, 9.17) is 4.74 Å². The van der Waals surface area contributed by atoms with Gasteiger partial charge in [-0.3, -0.25) is 9.69 Å². The molecule has 4 rings (SSSR count). The number of ether oxygens (including phenoxy) is 1. The van der Waals surface area contributed by atoms with Gasteiger partial charge in [0.05, 0.1) is 15.7 Å². The number of amides is 1. The standard InChI is InChI=1S/C24H28F2N4O4S2.ClH/c1-28(2)10-11-30(24-27-22-20(26)13-17(25)14-21(22)35-24)23(31)16-6-8-19(9-7-16)36(32,33)29(3)15-18-5-4-12-34-18;/h6-9,13-14,18H,4-5,10-12,15H2,1-3H3;1H. The van der Waals surface area contributed by atoms with Crippen LogP contribution in [0.25, 0.3) is 10.2 Å². The van der Waals surface area contributed by atoms with Crippen LogP contribution in [-0.2, 0) is 14.8 Å².